The molecule has 0 spiro atoms. The third-order valence-corrected chi connectivity index (χ3v) is 0.712. The average molecular weight is 108 g/mol. The molecule has 0 heterocycles. The second kappa shape index (κ2) is 6.48. The molecule has 0 rings (SSSR count). The lowest BCUT2D eigenvalue weighted by Crippen LogP contribution is -1.54. The Hall–Kier alpha value is -0.520. The largest absolute Gasteiger partial charge is 0.0842 e. The van der Waals surface area contributed by atoms with E-state index in [2.05, 4.69) is 26.0 Å². The lowest BCUT2D eigenvalue weighted by Gasteiger charge is -1.73. The van der Waals surface area contributed by atoms with Crippen LogP contribution >= 0.6 is 0 Å². The molecule has 0 unspecified atom stereocenters. The SMILES string of the molecule is [CH2]C/C=[C]/C=CCC. The summed E-state index contributed by atoms with van der Waals surface area (Å²) in [7, 11) is 0. The molecule has 2 radical (unpaired) electrons. The van der Waals surface area contributed by atoms with Crippen LogP contribution in [0.25, 0.3) is 0 Å². The van der Waals surface area contributed by atoms with Crippen LogP contribution < -0.4 is 0 Å². The van der Waals surface area contributed by atoms with Gasteiger partial charge in [-0.15, -0.1) is 0 Å². The van der Waals surface area contributed by atoms with Crippen molar-refractivity contribution in [2.75, 3.05) is 0 Å². The summed E-state index contributed by atoms with van der Waals surface area (Å²) in [6, 6.07) is 0. The van der Waals surface area contributed by atoms with Gasteiger partial charge < -0.3 is 0 Å². The summed E-state index contributed by atoms with van der Waals surface area (Å²) in [6.07, 6.45) is 10.8. The molecule has 0 heteroatoms. The van der Waals surface area contributed by atoms with Crippen LogP contribution in [0.4, 0.5) is 0 Å². The van der Waals surface area contributed by atoms with Crippen LogP contribution in [0.3, 0.4) is 0 Å². The van der Waals surface area contributed by atoms with Crippen molar-refractivity contribution >= 4 is 0 Å². The van der Waals surface area contributed by atoms with Gasteiger partial charge in [-0.3, -0.25) is 0 Å². The lowest BCUT2D eigenvalue weighted by molar-refractivity contribution is 1.22. The highest BCUT2D eigenvalue weighted by atomic mass is 13.7. The maximum atomic E-state index is 3.63. The first-order chi connectivity index (χ1) is 3.91. The molecule has 0 aliphatic carbocycles. The van der Waals surface area contributed by atoms with Gasteiger partial charge in [0, 0.05) is 0 Å². The van der Waals surface area contributed by atoms with Gasteiger partial charge >= 0.3 is 0 Å². The number of hydrogen-bond donors (Lipinski definition) is 0. The van der Waals surface area contributed by atoms with Crippen LogP contribution in [0.1, 0.15) is 19.8 Å². The first-order valence-electron chi connectivity index (χ1n) is 2.93. The molecule has 0 atom stereocenters. The van der Waals surface area contributed by atoms with Crippen molar-refractivity contribution in [2.24, 2.45) is 0 Å². The van der Waals surface area contributed by atoms with Crippen LogP contribution in [0.15, 0.2) is 18.2 Å². The first kappa shape index (κ1) is 7.48. The van der Waals surface area contributed by atoms with Crippen LogP contribution in [-0.4, -0.2) is 0 Å². The molecule has 8 heavy (non-hydrogen) atoms. The van der Waals surface area contributed by atoms with Crippen molar-refractivity contribution in [2.45, 2.75) is 19.8 Å². The summed E-state index contributed by atoms with van der Waals surface area (Å²) in [6.45, 7) is 5.73. The molecule has 0 saturated carbocycles. The van der Waals surface area contributed by atoms with Gasteiger partial charge in [-0.2, -0.15) is 0 Å². The van der Waals surface area contributed by atoms with Gasteiger partial charge in [0.05, 0.1) is 0 Å². The van der Waals surface area contributed by atoms with E-state index in [9.17, 15) is 0 Å². The fourth-order valence-electron chi connectivity index (χ4n) is 0.337. The minimum absolute atomic E-state index is 0.827. The Kier molecular flexibility index (Phi) is 6.06. The fourth-order valence-corrected chi connectivity index (χ4v) is 0.337. The molecule has 0 aromatic carbocycles. The maximum absolute atomic E-state index is 3.63. The number of allylic oxidation sites excluding steroid dienone is 4. The Labute approximate surface area is 51.9 Å². The van der Waals surface area contributed by atoms with E-state index in [1.807, 2.05) is 12.2 Å². The van der Waals surface area contributed by atoms with Gasteiger partial charge in [-0.1, -0.05) is 25.2 Å². The monoisotopic (exact) mass is 108 g/mol. The highest BCUT2D eigenvalue weighted by molar-refractivity contribution is 4.94. The third kappa shape index (κ3) is 5.48. The normalized spacial score (nSPS) is 11.8. The molecule has 0 nitrogen and oxygen atoms in total. The van der Waals surface area contributed by atoms with Crippen molar-refractivity contribution in [3.63, 3.8) is 0 Å². The Bertz CT molecular complexity index is 66.0. The van der Waals surface area contributed by atoms with E-state index in [0.717, 1.165) is 12.8 Å². The van der Waals surface area contributed by atoms with Gasteiger partial charge in [0.25, 0.3) is 0 Å². The van der Waals surface area contributed by atoms with Gasteiger partial charge in [0.1, 0.15) is 0 Å². The molecule has 0 amide bonds. The molecule has 0 N–H and O–H groups in total. The summed E-state index contributed by atoms with van der Waals surface area (Å²) in [5, 5.41) is 0. The molecule has 0 saturated heterocycles. The molecule has 0 aromatic rings. The average Bonchev–Trinajstić information content (AvgIpc) is 1.81. The molecule has 0 bridgehead atoms. The topological polar surface area (TPSA) is 0 Å². The zero-order valence-electron chi connectivity index (χ0n) is 5.35. The number of rotatable bonds is 3. The van der Waals surface area contributed by atoms with Crippen molar-refractivity contribution in [1.82, 2.24) is 0 Å². The molecule has 44 valence electrons. The Morgan fingerprint density at radius 1 is 1.62 bits per heavy atom. The predicted octanol–water partition coefficient (Wildman–Crippen LogP) is 2.54. The van der Waals surface area contributed by atoms with Gasteiger partial charge in [0.15, 0.2) is 0 Å². The van der Waals surface area contributed by atoms with Crippen LogP contribution in [0.2, 0.25) is 0 Å². The highest BCUT2D eigenvalue weighted by Crippen LogP contribution is 1.81. The number of hydrogen-bond acceptors (Lipinski definition) is 0. The minimum atomic E-state index is 0.827. The summed E-state index contributed by atoms with van der Waals surface area (Å²) in [4.78, 5) is 0. The highest BCUT2D eigenvalue weighted by Gasteiger charge is 1.62. The fraction of sp³-hybridized carbons (Fsp3) is 0.375. The standard InChI is InChI=1S/C8H12/c1-3-5-7-8-6-4-2/h5-6,8H,1,3-4H2,2H3. The Morgan fingerprint density at radius 3 is 2.88 bits per heavy atom. The second-order valence-electron chi connectivity index (χ2n) is 1.47. The van der Waals surface area contributed by atoms with E-state index in [1.165, 1.54) is 0 Å². The van der Waals surface area contributed by atoms with Crippen LogP contribution in [-0.2, 0) is 0 Å². The van der Waals surface area contributed by atoms with E-state index in [1.54, 1.807) is 0 Å². The molecule has 0 aromatic heterocycles. The van der Waals surface area contributed by atoms with Crippen molar-refractivity contribution in [3.05, 3.63) is 31.2 Å². The third-order valence-electron chi connectivity index (χ3n) is 0.712. The van der Waals surface area contributed by atoms with E-state index >= 15 is 0 Å². The van der Waals surface area contributed by atoms with Crippen molar-refractivity contribution < 1.29 is 0 Å². The minimum Gasteiger partial charge on any atom is -0.0842 e. The molecular weight excluding hydrogens is 96.1 g/mol. The smallest absolute Gasteiger partial charge is 0.0230 e. The Balaban J connectivity index is 3.13. The second-order valence-corrected chi connectivity index (χ2v) is 1.47. The zero-order chi connectivity index (χ0) is 6.24. The quantitative estimate of drug-likeness (QED) is 0.487. The summed E-state index contributed by atoms with van der Waals surface area (Å²) in [5.41, 5.74) is 0. The first-order valence-corrected chi connectivity index (χ1v) is 2.93. The van der Waals surface area contributed by atoms with Gasteiger partial charge in [-0.25, -0.2) is 0 Å². The molecule has 0 aliphatic rings. The van der Waals surface area contributed by atoms with Crippen LogP contribution in [0, 0.1) is 13.0 Å². The van der Waals surface area contributed by atoms with E-state index < -0.39 is 0 Å². The zero-order valence-corrected chi connectivity index (χ0v) is 5.35. The lowest BCUT2D eigenvalue weighted by atomic mass is 10.3. The van der Waals surface area contributed by atoms with E-state index in [0.29, 0.717) is 0 Å². The van der Waals surface area contributed by atoms with Gasteiger partial charge in [-0.05, 0) is 25.8 Å². The predicted molar refractivity (Wildman–Crippen MR) is 37.2 cm³/mol. The Morgan fingerprint density at radius 2 is 2.38 bits per heavy atom. The molecule has 0 aliphatic heterocycles. The van der Waals surface area contributed by atoms with Crippen molar-refractivity contribution in [3.8, 4) is 0 Å². The maximum Gasteiger partial charge on any atom is -0.0230 e. The summed E-state index contributed by atoms with van der Waals surface area (Å²) in [5.74, 6) is 0. The molecular formula is C8H12. The molecule has 0 fully saturated rings. The summed E-state index contributed by atoms with van der Waals surface area (Å²) < 4.78 is 0. The van der Waals surface area contributed by atoms with E-state index in [4.69, 9.17) is 0 Å². The van der Waals surface area contributed by atoms with Crippen molar-refractivity contribution in [1.29, 1.82) is 0 Å². The summed E-state index contributed by atoms with van der Waals surface area (Å²) >= 11 is 0. The van der Waals surface area contributed by atoms with Gasteiger partial charge in [0.2, 0.25) is 0 Å². The van der Waals surface area contributed by atoms with E-state index in [-0.39, 0.29) is 0 Å². The van der Waals surface area contributed by atoms with Crippen LogP contribution in [0.5, 0.6) is 0 Å².